The van der Waals surface area contributed by atoms with Gasteiger partial charge in [0.05, 0.1) is 5.56 Å². The maximum atomic E-state index is 12.5. The highest BCUT2D eigenvalue weighted by molar-refractivity contribution is 5.26. The topological polar surface area (TPSA) is 20.2 Å². The summed E-state index contributed by atoms with van der Waals surface area (Å²) in [7, 11) is 0. The van der Waals surface area contributed by atoms with Crippen LogP contribution in [0, 0.1) is 29.9 Å². The third-order valence-electron chi connectivity index (χ3n) is 1.27. The second-order valence-corrected chi connectivity index (χ2v) is 2.01. The van der Waals surface area contributed by atoms with Gasteiger partial charge in [-0.05, 0) is 0 Å². The van der Waals surface area contributed by atoms with E-state index in [2.05, 4.69) is 0 Å². The molecule has 1 radical (unpaired) electrons. The first-order valence-corrected chi connectivity index (χ1v) is 2.88. The van der Waals surface area contributed by atoms with Crippen LogP contribution in [0.25, 0.3) is 0 Å². The minimum Gasteiger partial charge on any atom is -0.385 e. The molecule has 0 unspecified atom stereocenters. The Hall–Kier alpha value is -1.10. The number of halogens is 4. The fraction of sp³-hybridized carbons (Fsp3) is 0. The molecule has 0 fully saturated rings. The summed E-state index contributed by atoms with van der Waals surface area (Å²) in [6, 6.07) is 0.0671. The molecule has 1 N–H and O–H groups in total. The van der Waals surface area contributed by atoms with Gasteiger partial charge in [0, 0.05) is 6.07 Å². The van der Waals surface area contributed by atoms with Crippen molar-refractivity contribution in [3.8, 4) is 0 Å². The van der Waals surface area contributed by atoms with Crippen LogP contribution in [-0.4, -0.2) is 5.11 Å². The Balaban J connectivity index is 3.42. The molecule has 0 amide bonds. The Labute approximate surface area is 65.3 Å². The van der Waals surface area contributed by atoms with Crippen LogP contribution in [-0.2, 0) is 0 Å². The van der Waals surface area contributed by atoms with Crippen molar-refractivity contribution in [2.75, 3.05) is 0 Å². The van der Waals surface area contributed by atoms with E-state index in [1.165, 1.54) is 0 Å². The van der Waals surface area contributed by atoms with Gasteiger partial charge in [-0.2, -0.15) is 0 Å². The van der Waals surface area contributed by atoms with Crippen molar-refractivity contribution < 1.29 is 22.7 Å². The number of aliphatic hydroxyl groups excluding tert-OH is 1. The molecule has 1 aromatic rings. The van der Waals surface area contributed by atoms with Gasteiger partial charge in [0.25, 0.3) is 0 Å². The first-order valence-electron chi connectivity index (χ1n) is 2.88. The van der Waals surface area contributed by atoms with E-state index in [-0.39, 0.29) is 12.7 Å². The normalized spacial score (nSPS) is 10.4. The van der Waals surface area contributed by atoms with Gasteiger partial charge in [0.1, 0.15) is 6.61 Å². The number of rotatable bonds is 1. The lowest BCUT2D eigenvalue weighted by atomic mass is 10.2. The first-order chi connectivity index (χ1) is 5.57. The van der Waals surface area contributed by atoms with Gasteiger partial charge in [-0.3, -0.25) is 0 Å². The fourth-order valence-electron chi connectivity index (χ4n) is 0.705. The van der Waals surface area contributed by atoms with E-state index in [9.17, 15) is 17.6 Å². The largest absolute Gasteiger partial charge is 0.385 e. The fourth-order valence-corrected chi connectivity index (χ4v) is 0.705. The molecule has 0 bridgehead atoms. The zero-order chi connectivity index (χ0) is 9.30. The average molecular weight is 179 g/mol. The number of hydrogen-bond donors (Lipinski definition) is 1. The lowest BCUT2D eigenvalue weighted by Gasteiger charge is -2.01. The van der Waals surface area contributed by atoms with Crippen molar-refractivity contribution in [3.05, 3.63) is 41.5 Å². The third kappa shape index (κ3) is 1.27. The molecule has 0 atom stereocenters. The standard InChI is InChI=1S/C7H3F4O/c8-4-1-5(9)7(11)3(2-12)6(4)10/h1-2,12H. The lowest BCUT2D eigenvalue weighted by molar-refractivity contribution is 0.379. The summed E-state index contributed by atoms with van der Waals surface area (Å²) in [6.07, 6.45) is 0. The molecule has 1 nitrogen and oxygen atoms in total. The van der Waals surface area contributed by atoms with Crippen molar-refractivity contribution in [1.82, 2.24) is 0 Å². The van der Waals surface area contributed by atoms with E-state index >= 15 is 0 Å². The summed E-state index contributed by atoms with van der Waals surface area (Å²) < 4.78 is 49.5. The number of benzene rings is 1. The highest BCUT2D eigenvalue weighted by Crippen LogP contribution is 2.19. The van der Waals surface area contributed by atoms with E-state index in [0.717, 1.165) is 0 Å². The number of aliphatic hydroxyl groups is 1. The average Bonchev–Trinajstić information content (AvgIpc) is 2.02. The molecule has 1 aromatic carbocycles. The summed E-state index contributed by atoms with van der Waals surface area (Å²) in [5.41, 5.74) is -1.12. The molecule has 12 heavy (non-hydrogen) atoms. The SMILES string of the molecule is O[CH]c1c(F)c(F)cc(F)c1F. The summed E-state index contributed by atoms with van der Waals surface area (Å²) in [4.78, 5) is 0. The highest BCUT2D eigenvalue weighted by atomic mass is 19.2. The summed E-state index contributed by atoms with van der Waals surface area (Å²) in [6.45, 7) is -0.0309. The quantitative estimate of drug-likeness (QED) is 0.517. The van der Waals surface area contributed by atoms with E-state index in [1.807, 2.05) is 0 Å². The summed E-state index contributed by atoms with van der Waals surface area (Å²) in [5.74, 6) is -6.32. The molecule has 0 heterocycles. The molecule has 0 aliphatic carbocycles. The van der Waals surface area contributed by atoms with E-state index in [1.54, 1.807) is 0 Å². The second kappa shape index (κ2) is 3.10. The Morgan fingerprint density at radius 3 is 1.75 bits per heavy atom. The van der Waals surface area contributed by atoms with Crippen LogP contribution in [0.5, 0.6) is 0 Å². The van der Waals surface area contributed by atoms with E-state index < -0.39 is 28.8 Å². The molecule has 65 valence electrons. The lowest BCUT2D eigenvalue weighted by Crippen LogP contribution is -2.00. The number of hydrogen-bond acceptors (Lipinski definition) is 1. The maximum absolute atomic E-state index is 12.5. The molecular weight excluding hydrogens is 176 g/mol. The zero-order valence-electron chi connectivity index (χ0n) is 5.61. The van der Waals surface area contributed by atoms with Crippen LogP contribution in [0.15, 0.2) is 6.07 Å². The molecule has 0 aliphatic rings. The van der Waals surface area contributed by atoms with Gasteiger partial charge in [0.15, 0.2) is 23.3 Å². The van der Waals surface area contributed by atoms with E-state index in [0.29, 0.717) is 0 Å². The molecule has 0 aromatic heterocycles. The Bertz CT molecular complexity index is 285. The van der Waals surface area contributed by atoms with Gasteiger partial charge < -0.3 is 5.11 Å². The minimum absolute atomic E-state index is 0.0309. The Kier molecular flexibility index (Phi) is 2.32. The van der Waals surface area contributed by atoms with Crippen LogP contribution in [0.3, 0.4) is 0 Å². The van der Waals surface area contributed by atoms with Gasteiger partial charge in [-0.1, -0.05) is 0 Å². The van der Waals surface area contributed by atoms with Crippen molar-refractivity contribution in [1.29, 1.82) is 0 Å². The molecule has 5 heteroatoms. The van der Waals surface area contributed by atoms with Crippen LogP contribution in [0.1, 0.15) is 5.56 Å². The van der Waals surface area contributed by atoms with Gasteiger partial charge >= 0.3 is 0 Å². The molecule has 0 saturated heterocycles. The zero-order valence-corrected chi connectivity index (χ0v) is 5.61. The van der Waals surface area contributed by atoms with Crippen LogP contribution >= 0.6 is 0 Å². The van der Waals surface area contributed by atoms with Gasteiger partial charge in [-0.15, -0.1) is 0 Å². The van der Waals surface area contributed by atoms with Gasteiger partial charge in [0.2, 0.25) is 0 Å². The molecule has 1 rings (SSSR count). The van der Waals surface area contributed by atoms with Crippen molar-refractivity contribution in [3.63, 3.8) is 0 Å². The predicted molar refractivity (Wildman–Crippen MR) is 31.6 cm³/mol. The summed E-state index contributed by atoms with van der Waals surface area (Å²) in [5, 5.41) is 8.21. The smallest absolute Gasteiger partial charge is 0.167 e. The molecule has 0 spiro atoms. The van der Waals surface area contributed by atoms with Crippen molar-refractivity contribution >= 4 is 0 Å². The Morgan fingerprint density at radius 2 is 1.42 bits per heavy atom. The monoisotopic (exact) mass is 179 g/mol. The highest BCUT2D eigenvalue weighted by Gasteiger charge is 2.17. The van der Waals surface area contributed by atoms with Crippen molar-refractivity contribution in [2.45, 2.75) is 0 Å². The van der Waals surface area contributed by atoms with Crippen molar-refractivity contribution in [2.24, 2.45) is 0 Å². The third-order valence-corrected chi connectivity index (χ3v) is 1.27. The molecule has 0 aliphatic heterocycles. The maximum Gasteiger partial charge on any atom is 0.167 e. The predicted octanol–water partition coefficient (Wildman–Crippen LogP) is 2.13. The van der Waals surface area contributed by atoms with E-state index in [4.69, 9.17) is 5.11 Å². The molecule has 0 saturated carbocycles. The van der Waals surface area contributed by atoms with Crippen LogP contribution in [0.4, 0.5) is 17.6 Å². The Morgan fingerprint density at radius 1 is 1.00 bits per heavy atom. The molecular formula is C7H3F4O. The second-order valence-electron chi connectivity index (χ2n) is 2.01. The first kappa shape index (κ1) is 8.99. The minimum atomic E-state index is -1.61. The van der Waals surface area contributed by atoms with Crippen LogP contribution < -0.4 is 0 Å². The summed E-state index contributed by atoms with van der Waals surface area (Å²) >= 11 is 0. The van der Waals surface area contributed by atoms with Gasteiger partial charge in [-0.25, -0.2) is 17.6 Å². The van der Waals surface area contributed by atoms with Crippen LogP contribution in [0.2, 0.25) is 0 Å².